The molecule has 0 aliphatic heterocycles. The molecule has 340 valence electrons. The Morgan fingerprint density at radius 3 is 1.07 bits per heavy atom. The summed E-state index contributed by atoms with van der Waals surface area (Å²) in [5, 5.41) is 23.2. The van der Waals surface area contributed by atoms with Gasteiger partial charge in [0.1, 0.15) is 0 Å². The van der Waals surface area contributed by atoms with Crippen molar-refractivity contribution in [2.75, 3.05) is 13.2 Å². The number of rotatable bonds is 48. The topological polar surface area (TPSA) is 95.9 Å². The Morgan fingerprint density at radius 1 is 0.421 bits per heavy atom. The molecule has 2 unspecified atom stereocenters. The van der Waals surface area contributed by atoms with Crippen molar-refractivity contribution in [3.05, 3.63) is 0 Å². The first-order valence-corrected chi connectivity index (χ1v) is 25.8. The highest BCUT2D eigenvalue weighted by Gasteiger charge is 2.20. The van der Waals surface area contributed by atoms with Gasteiger partial charge >= 0.3 is 5.97 Å². The number of esters is 1. The van der Waals surface area contributed by atoms with E-state index in [1.165, 1.54) is 205 Å². The molecule has 0 aromatic rings. The Kier molecular flexibility index (Phi) is 46.6. The van der Waals surface area contributed by atoms with E-state index in [2.05, 4.69) is 19.2 Å². The lowest BCUT2D eigenvalue weighted by atomic mass is 10.0. The van der Waals surface area contributed by atoms with Crippen LogP contribution in [0.5, 0.6) is 0 Å². The number of amides is 1. The SMILES string of the molecule is CCCCCCCCCCCCCCCCCC(O)C(CO)NC(=O)CCCCCCCCCCCCCCCOC(=O)CCCCCCCCCCCCCC. The maximum Gasteiger partial charge on any atom is 0.305 e. The van der Waals surface area contributed by atoms with Crippen LogP contribution in [0.15, 0.2) is 0 Å². The van der Waals surface area contributed by atoms with Crippen LogP contribution in [0.3, 0.4) is 0 Å². The van der Waals surface area contributed by atoms with Gasteiger partial charge in [0.15, 0.2) is 0 Å². The minimum absolute atomic E-state index is 0.00413. The molecule has 0 spiro atoms. The molecular weight excluding hydrogens is 707 g/mol. The van der Waals surface area contributed by atoms with E-state index in [1.54, 1.807) is 0 Å². The van der Waals surface area contributed by atoms with Gasteiger partial charge < -0.3 is 20.3 Å². The summed E-state index contributed by atoms with van der Waals surface area (Å²) in [7, 11) is 0. The van der Waals surface area contributed by atoms with Crippen LogP contribution in [-0.2, 0) is 14.3 Å². The summed E-state index contributed by atoms with van der Waals surface area (Å²) in [6, 6.07) is -0.549. The van der Waals surface area contributed by atoms with Gasteiger partial charge in [-0.25, -0.2) is 0 Å². The third-order valence-electron chi connectivity index (χ3n) is 12.2. The number of hydrogen-bond acceptors (Lipinski definition) is 5. The number of nitrogens with one attached hydrogen (secondary N) is 1. The summed E-state index contributed by atoms with van der Waals surface area (Å²) in [5.41, 5.74) is 0. The van der Waals surface area contributed by atoms with Crippen molar-refractivity contribution in [1.29, 1.82) is 0 Å². The van der Waals surface area contributed by atoms with Crippen LogP contribution in [0.1, 0.15) is 290 Å². The second-order valence-corrected chi connectivity index (χ2v) is 17.9. The van der Waals surface area contributed by atoms with Crippen LogP contribution < -0.4 is 5.32 Å². The maximum atomic E-state index is 12.4. The first-order valence-electron chi connectivity index (χ1n) is 25.8. The Labute approximate surface area is 356 Å². The minimum Gasteiger partial charge on any atom is -0.466 e. The fraction of sp³-hybridized carbons (Fsp3) is 0.961. The molecule has 2 atom stereocenters. The molecule has 0 aliphatic rings. The summed E-state index contributed by atoms with van der Waals surface area (Å²) in [4.78, 5) is 24.4. The van der Waals surface area contributed by atoms with E-state index in [-0.39, 0.29) is 18.5 Å². The number of aliphatic hydroxyl groups excluding tert-OH is 2. The zero-order valence-electron chi connectivity index (χ0n) is 38.6. The van der Waals surface area contributed by atoms with Gasteiger partial charge in [-0.05, 0) is 25.7 Å². The summed E-state index contributed by atoms with van der Waals surface area (Å²) < 4.78 is 5.45. The average Bonchev–Trinajstić information content (AvgIpc) is 3.21. The molecule has 0 fully saturated rings. The predicted molar refractivity (Wildman–Crippen MR) is 246 cm³/mol. The first-order chi connectivity index (χ1) is 28.0. The Bertz CT molecular complexity index is 806. The van der Waals surface area contributed by atoms with Gasteiger partial charge in [-0.2, -0.15) is 0 Å². The molecule has 57 heavy (non-hydrogen) atoms. The molecule has 0 bridgehead atoms. The minimum atomic E-state index is -0.670. The number of unbranched alkanes of at least 4 members (excludes halogenated alkanes) is 37. The standard InChI is InChI=1S/C51H101NO5/c1-3-5-7-9-11-13-15-17-18-20-23-27-31-35-39-43-49(54)48(47-53)52-50(55)44-40-36-32-28-24-21-19-22-26-30-34-38-42-46-57-51(56)45-41-37-33-29-25-16-14-12-10-8-6-4-2/h48-49,53-54H,3-47H2,1-2H3,(H,52,55). The molecule has 0 saturated carbocycles. The van der Waals surface area contributed by atoms with Crippen molar-refractivity contribution < 1.29 is 24.5 Å². The van der Waals surface area contributed by atoms with Crippen molar-refractivity contribution in [3.63, 3.8) is 0 Å². The third kappa shape index (κ3) is 44.2. The fourth-order valence-corrected chi connectivity index (χ4v) is 8.17. The van der Waals surface area contributed by atoms with Gasteiger partial charge in [-0.1, -0.05) is 251 Å². The molecule has 0 aromatic heterocycles. The zero-order chi connectivity index (χ0) is 41.5. The number of carbonyl (C=O) groups is 2. The number of ether oxygens (including phenoxy) is 1. The third-order valence-corrected chi connectivity index (χ3v) is 12.2. The van der Waals surface area contributed by atoms with Gasteiger partial charge in [0.2, 0.25) is 5.91 Å². The lowest BCUT2D eigenvalue weighted by Crippen LogP contribution is -2.45. The van der Waals surface area contributed by atoms with E-state index in [0.717, 1.165) is 51.4 Å². The van der Waals surface area contributed by atoms with Crippen LogP contribution in [0, 0.1) is 0 Å². The van der Waals surface area contributed by atoms with Crippen LogP contribution in [0.2, 0.25) is 0 Å². The number of hydrogen-bond donors (Lipinski definition) is 3. The van der Waals surface area contributed by atoms with Crippen molar-refractivity contribution in [2.24, 2.45) is 0 Å². The summed E-state index contributed by atoms with van der Waals surface area (Å²) >= 11 is 0. The lowest BCUT2D eigenvalue weighted by molar-refractivity contribution is -0.143. The molecule has 6 nitrogen and oxygen atoms in total. The zero-order valence-corrected chi connectivity index (χ0v) is 38.6. The van der Waals surface area contributed by atoms with E-state index in [1.807, 2.05) is 0 Å². The molecule has 0 aliphatic carbocycles. The highest BCUT2D eigenvalue weighted by Crippen LogP contribution is 2.17. The van der Waals surface area contributed by atoms with Gasteiger partial charge in [-0.3, -0.25) is 9.59 Å². The second kappa shape index (κ2) is 47.5. The highest BCUT2D eigenvalue weighted by molar-refractivity contribution is 5.76. The average molecular weight is 808 g/mol. The van der Waals surface area contributed by atoms with Crippen molar-refractivity contribution in [3.8, 4) is 0 Å². The normalized spacial score (nSPS) is 12.6. The van der Waals surface area contributed by atoms with Crippen LogP contribution >= 0.6 is 0 Å². The first kappa shape index (κ1) is 55.9. The molecule has 3 N–H and O–H groups in total. The summed E-state index contributed by atoms with van der Waals surface area (Å²) in [5.74, 6) is -0.0498. The maximum absolute atomic E-state index is 12.4. The van der Waals surface area contributed by atoms with E-state index in [0.29, 0.717) is 25.9 Å². The molecule has 6 heteroatoms. The molecule has 1 amide bonds. The van der Waals surface area contributed by atoms with Gasteiger partial charge in [0, 0.05) is 12.8 Å². The number of aliphatic hydroxyl groups is 2. The molecule has 0 heterocycles. The quantitative estimate of drug-likeness (QED) is 0.0420. The van der Waals surface area contributed by atoms with E-state index in [4.69, 9.17) is 4.74 Å². The monoisotopic (exact) mass is 808 g/mol. The lowest BCUT2D eigenvalue weighted by Gasteiger charge is -2.22. The summed E-state index contributed by atoms with van der Waals surface area (Å²) in [6.07, 6.45) is 52.1. The van der Waals surface area contributed by atoms with Gasteiger partial charge in [-0.15, -0.1) is 0 Å². The molecule has 0 aromatic carbocycles. The smallest absolute Gasteiger partial charge is 0.305 e. The molecular formula is C51H101NO5. The Balaban J connectivity index is 3.44. The van der Waals surface area contributed by atoms with Gasteiger partial charge in [0.05, 0.1) is 25.4 Å². The predicted octanol–water partition coefficient (Wildman–Crippen LogP) is 15.2. The van der Waals surface area contributed by atoms with Crippen molar-refractivity contribution in [1.82, 2.24) is 5.32 Å². The fourth-order valence-electron chi connectivity index (χ4n) is 8.17. The summed E-state index contributed by atoms with van der Waals surface area (Å²) in [6.45, 7) is 4.94. The van der Waals surface area contributed by atoms with Crippen LogP contribution in [0.4, 0.5) is 0 Å². The molecule has 0 saturated heterocycles. The van der Waals surface area contributed by atoms with Crippen LogP contribution in [0.25, 0.3) is 0 Å². The van der Waals surface area contributed by atoms with Gasteiger partial charge in [0.25, 0.3) is 0 Å². The van der Waals surface area contributed by atoms with Crippen molar-refractivity contribution in [2.45, 2.75) is 302 Å². The molecule has 0 radical (unpaired) electrons. The number of carbonyl (C=O) groups excluding carboxylic acids is 2. The largest absolute Gasteiger partial charge is 0.466 e. The highest BCUT2D eigenvalue weighted by atomic mass is 16.5. The Morgan fingerprint density at radius 2 is 0.719 bits per heavy atom. The van der Waals surface area contributed by atoms with E-state index >= 15 is 0 Å². The van der Waals surface area contributed by atoms with Crippen LogP contribution in [-0.4, -0.2) is 47.4 Å². The van der Waals surface area contributed by atoms with Crippen molar-refractivity contribution >= 4 is 11.9 Å². The van der Waals surface area contributed by atoms with E-state index < -0.39 is 12.1 Å². The molecule has 0 rings (SSSR count). The Hall–Kier alpha value is -1.14. The van der Waals surface area contributed by atoms with E-state index in [9.17, 15) is 19.8 Å². The second-order valence-electron chi connectivity index (χ2n) is 17.9.